The Labute approximate surface area is 142 Å². The van der Waals surface area contributed by atoms with Crippen LogP contribution in [0.3, 0.4) is 0 Å². The number of aromatic nitrogens is 2. The monoisotopic (exact) mass is 361 g/mol. The normalized spacial score (nSPS) is 25.0. The number of aromatic amines is 1. The quantitative estimate of drug-likeness (QED) is 0.593. The van der Waals surface area contributed by atoms with Gasteiger partial charge in [-0.3, -0.25) is 19.1 Å². The van der Waals surface area contributed by atoms with Crippen LogP contribution in [0.15, 0.2) is 15.8 Å². The fourth-order valence-electron chi connectivity index (χ4n) is 2.28. The van der Waals surface area contributed by atoms with Crippen LogP contribution in [0.5, 0.6) is 0 Å². The van der Waals surface area contributed by atoms with Gasteiger partial charge < -0.3 is 20.3 Å². The summed E-state index contributed by atoms with van der Waals surface area (Å²) in [6.07, 6.45) is -1.41. The van der Waals surface area contributed by atoms with Gasteiger partial charge in [0.15, 0.2) is 6.23 Å². The van der Waals surface area contributed by atoms with Gasteiger partial charge in [-0.15, -0.1) is 0 Å². The highest BCUT2D eigenvalue weighted by Gasteiger charge is 2.37. The van der Waals surface area contributed by atoms with Crippen molar-refractivity contribution in [1.82, 2.24) is 9.55 Å². The molecular formula is C14H20ClN3O6. The molecule has 4 N–H and O–H groups in total. The Kier molecular flexibility index (Phi) is 5.81. The molecule has 1 saturated heterocycles. The first-order valence-corrected chi connectivity index (χ1v) is 7.85. The van der Waals surface area contributed by atoms with Crippen LogP contribution in [-0.2, 0) is 14.3 Å². The molecule has 1 aliphatic rings. The standard InChI is InChI=1S/C14H20ClN3O6/c1-6(2)10(16)13(21)23-5-7-3-9(19)12(24-7)18-4-8(15)11(20)17-14(18)22/h4,6-7,9-10,12,19H,3,5,16H2,1-2H3,(H,17,20,22)/t7-,9+,10-,12+/m0/s1. The molecule has 0 aromatic carbocycles. The molecular weight excluding hydrogens is 342 g/mol. The Morgan fingerprint density at radius 3 is 2.88 bits per heavy atom. The highest BCUT2D eigenvalue weighted by Crippen LogP contribution is 2.28. The van der Waals surface area contributed by atoms with E-state index in [9.17, 15) is 19.5 Å². The van der Waals surface area contributed by atoms with Crippen LogP contribution < -0.4 is 17.0 Å². The van der Waals surface area contributed by atoms with Crippen molar-refractivity contribution in [1.29, 1.82) is 0 Å². The molecule has 9 nitrogen and oxygen atoms in total. The van der Waals surface area contributed by atoms with E-state index < -0.39 is 41.7 Å². The number of carbonyl (C=O) groups excluding carboxylic acids is 1. The molecule has 0 radical (unpaired) electrons. The van der Waals surface area contributed by atoms with Gasteiger partial charge >= 0.3 is 11.7 Å². The number of halogens is 1. The topological polar surface area (TPSA) is 137 Å². The van der Waals surface area contributed by atoms with E-state index in [4.69, 9.17) is 26.8 Å². The molecule has 4 atom stereocenters. The maximum atomic E-state index is 11.8. The van der Waals surface area contributed by atoms with Crippen molar-refractivity contribution < 1.29 is 19.4 Å². The Morgan fingerprint density at radius 2 is 2.25 bits per heavy atom. The molecule has 0 bridgehead atoms. The SMILES string of the molecule is CC(C)[C@H](N)C(=O)OC[C@@H]1C[C@@H](O)[C@H](n2cc(Cl)c(=O)[nH]c2=O)O1. The summed E-state index contributed by atoms with van der Waals surface area (Å²) in [5.41, 5.74) is 4.20. The van der Waals surface area contributed by atoms with Crippen molar-refractivity contribution >= 4 is 17.6 Å². The molecule has 24 heavy (non-hydrogen) atoms. The zero-order valence-corrected chi connectivity index (χ0v) is 14.0. The molecule has 0 spiro atoms. The van der Waals surface area contributed by atoms with E-state index in [1.165, 1.54) is 0 Å². The Hall–Kier alpha value is -1.68. The van der Waals surface area contributed by atoms with E-state index in [2.05, 4.69) is 0 Å². The van der Waals surface area contributed by atoms with Crippen LogP contribution in [0.4, 0.5) is 0 Å². The maximum absolute atomic E-state index is 11.8. The average molecular weight is 362 g/mol. The minimum atomic E-state index is -1.03. The molecule has 0 saturated carbocycles. The Bertz CT molecular complexity index is 715. The third-order valence-corrected chi connectivity index (χ3v) is 4.04. The largest absolute Gasteiger partial charge is 0.462 e. The number of aliphatic hydroxyl groups excluding tert-OH is 1. The molecule has 1 fully saturated rings. The minimum Gasteiger partial charge on any atom is -0.462 e. The van der Waals surface area contributed by atoms with Crippen LogP contribution in [0.2, 0.25) is 5.02 Å². The van der Waals surface area contributed by atoms with E-state index >= 15 is 0 Å². The molecule has 10 heteroatoms. The van der Waals surface area contributed by atoms with Gasteiger partial charge in [-0.25, -0.2) is 4.79 Å². The van der Waals surface area contributed by atoms with Crippen LogP contribution in [0.25, 0.3) is 0 Å². The summed E-state index contributed by atoms with van der Waals surface area (Å²) in [7, 11) is 0. The lowest BCUT2D eigenvalue weighted by atomic mass is 10.1. The predicted octanol–water partition coefficient (Wildman–Crippen LogP) is -0.635. The molecule has 2 heterocycles. The molecule has 0 unspecified atom stereocenters. The molecule has 0 amide bonds. The highest BCUT2D eigenvalue weighted by atomic mass is 35.5. The first-order valence-electron chi connectivity index (χ1n) is 7.47. The van der Waals surface area contributed by atoms with Gasteiger partial charge in [-0.2, -0.15) is 0 Å². The Balaban J connectivity index is 2.03. The van der Waals surface area contributed by atoms with Gasteiger partial charge in [0.25, 0.3) is 5.56 Å². The zero-order valence-electron chi connectivity index (χ0n) is 13.3. The van der Waals surface area contributed by atoms with Gasteiger partial charge in [0.1, 0.15) is 23.8 Å². The van der Waals surface area contributed by atoms with Crippen molar-refractivity contribution in [3.63, 3.8) is 0 Å². The van der Waals surface area contributed by atoms with Crippen molar-refractivity contribution in [2.75, 3.05) is 6.61 Å². The number of aliphatic hydroxyl groups is 1. The van der Waals surface area contributed by atoms with E-state index in [0.29, 0.717) is 0 Å². The zero-order chi connectivity index (χ0) is 18.0. The number of nitrogens with zero attached hydrogens (tertiary/aromatic N) is 1. The van der Waals surface area contributed by atoms with Crippen molar-refractivity contribution in [2.24, 2.45) is 11.7 Å². The average Bonchev–Trinajstić information content (AvgIpc) is 2.88. The number of esters is 1. The summed E-state index contributed by atoms with van der Waals surface area (Å²) < 4.78 is 11.6. The molecule has 0 aliphatic carbocycles. The van der Waals surface area contributed by atoms with Gasteiger partial charge in [0, 0.05) is 12.6 Å². The molecule has 1 aromatic rings. The minimum absolute atomic E-state index is 0.0674. The van der Waals surface area contributed by atoms with Crippen LogP contribution >= 0.6 is 11.6 Å². The number of rotatable bonds is 5. The third-order valence-electron chi connectivity index (χ3n) is 3.77. The summed E-state index contributed by atoms with van der Waals surface area (Å²) >= 11 is 5.69. The number of ether oxygens (including phenoxy) is 2. The molecule has 2 rings (SSSR count). The Morgan fingerprint density at radius 1 is 1.58 bits per heavy atom. The van der Waals surface area contributed by atoms with Crippen molar-refractivity contribution in [2.45, 2.75) is 44.7 Å². The van der Waals surface area contributed by atoms with Crippen LogP contribution in [-0.4, -0.2) is 45.5 Å². The number of nitrogens with one attached hydrogen (secondary N) is 1. The second kappa shape index (κ2) is 7.47. The summed E-state index contributed by atoms with van der Waals surface area (Å²) in [5, 5.41) is 9.87. The summed E-state index contributed by atoms with van der Waals surface area (Å²) in [6, 6.07) is -0.743. The van der Waals surface area contributed by atoms with Gasteiger partial charge in [-0.05, 0) is 5.92 Å². The third kappa shape index (κ3) is 4.04. The fraction of sp³-hybridized carbons (Fsp3) is 0.643. The van der Waals surface area contributed by atoms with Gasteiger partial charge in [0.05, 0.1) is 6.10 Å². The predicted molar refractivity (Wildman–Crippen MR) is 84.6 cm³/mol. The molecule has 1 aliphatic heterocycles. The first kappa shape index (κ1) is 18.7. The second-order valence-electron chi connectivity index (χ2n) is 6.00. The lowest BCUT2D eigenvalue weighted by molar-refractivity contribution is -0.151. The van der Waals surface area contributed by atoms with E-state index in [1.807, 2.05) is 4.98 Å². The summed E-state index contributed by atoms with van der Waals surface area (Å²) in [5.74, 6) is -0.627. The highest BCUT2D eigenvalue weighted by molar-refractivity contribution is 6.30. The van der Waals surface area contributed by atoms with E-state index in [-0.39, 0.29) is 24.0 Å². The number of nitrogens with two attached hydrogens (primary N) is 1. The lowest BCUT2D eigenvalue weighted by Gasteiger charge is -2.18. The summed E-state index contributed by atoms with van der Waals surface area (Å²) in [6.45, 7) is 3.49. The number of hydrogen-bond acceptors (Lipinski definition) is 7. The van der Waals surface area contributed by atoms with E-state index in [1.54, 1.807) is 13.8 Å². The van der Waals surface area contributed by atoms with Crippen LogP contribution in [0.1, 0.15) is 26.5 Å². The van der Waals surface area contributed by atoms with Crippen LogP contribution in [0, 0.1) is 5.92 Å². The lowest BCUT2D eigenvalue weighted by Crippen LogP contribution is -2.38. The fourth-order valence-corrected chi connectivity index (χ4v) is 2.43. The maximum Gasteiger partial charge on any atom is 0.330 e. The molecule has 1 aromatic heterocycles. The number of hydrogen-bond donors (Lipinski definition) is 3. The van der Waals surface area contributed by atoms with E-state index in [0.717, 1.165) is 10.8 Å². The van der Waals surface area contributed by atoms with Gasteiger partial charge in [0.2, 0.25) is 0 Å². The van der Waals surface area contributed by atoms with Crippen molar-refractivity contribution in [3.05, 3.63) is 32.1 Å². The first-order chi connectivity index (χ1) is 11.2. The van der Waals surface area contributed by atoms with Crippen molar-refractivity contribution in [3.8, 4) is 0 Å². The smallest absolute Gasteiger partial charge is 0.330 e. The van der Waals surface area contributed by atoms with Gasteiger partial charge in [-0.1, -0.05) is 25.4 Å². The summed E-state index contributed by atoms with van der Waals surface area (Å²) in [4.78, 5) is 36.8. The molecule has 134 valence electrons. The number of H-pyrrole nitrogens is 1. The number of carbonyl (C=O) groups is 1. The second-order valence-corrected chi connectivity index (χ2v) is 6.40.